The maximum absolute atomic E-state index is 11.9. The number of thioether (sulfide) groups is 1. The van der Waals surface area contributed by atoms with E-state index in [1.165, 1.54) is 25.7 Å². The second-order valence-electron chi connectivity index (χ2n) is 5.21. The zero-order valence-corrected chi connectivity index (χ0v) is 11.6. The number of rotatable bonds is 5. The van der Waals surface area contributed by atoms with Gasteiger partial charge in [-0.1, -0.05) is 6.42 Å². The molecular formula is C12H21NOS2. The molecule has 0 radical (unpaired) electrons. The Balaban J connectivity index is 1.78. The lowest BCUT2D eigenvalue weighted by atomic mass is 10.0. The first-order chi connectivity index (χ1) is 7.69. The molecule has 0 aromatic heterocycles. The Morgan fingerprint density at radius 3 is 2.81 bits per heavy atom. The van der Waals surface area contributed by atoms with Crippen LogP contribution < -0.4 is 5.32 Å². The first-order valence-electron chi connectivity index (χ1n) is 6.12. The Hall–Kier alpha value is 0.170. The molecule has 0 aromatic carbocycles. The third-order valence-corrected chi connectivity index (χ3v) is 5.77. The first kappa shape index (κ1) is 12.6. The van der Waals surface area contributed by atoms with Crippen molar-refractivity contribution in [2.24, 2.45) is 5.41 Å². The quantitative estimate of drug-likeness (QED) is 0.743. The molecule has 2 aliphatic carbocycles. The van der Waals surface area contributed by atoms with Gasteiger partial charge >= 0.3 is 0 Å². The van der Waals surface area contributed by atoms with Gasteiger partial charge in [0.25, 0.3) is 0 Å². The predicted molar refractivity (Wildman–Crippen MR) is 73.2 cm³/mol. The smallest absolute Gasteiger partial charge is 0.220 e. The van der Waals surface area contributed by atoms with E-state index in [9.17, 15) is 4.79 Å². The van der Waals surface area contributed by atoms with E-state index >= 15 is 0 Å². The van der Waals surface area contributed by atoms with Gasteiger partial charge in [0.2, 0.25) is 5.91 Å². The summed E-state index contributed by atoms with van der Waals surface area (Å²) in [5.74, 6) is 1.11. The van der Waals surface area contributed by atoms with E-state index in [0.717, 1.165) is 12.2 Å². The maximum atomic E-state index is 11.9. The first-order valence-corrected chi connectivity index (χ1v) is 8.04. The Morgan fingerprint density at radius 2 is 2.25 bits per heavy atom. The van der Waals surface area contributed by atoms with Gasteiger partial charge < -0.3 is 5.32 Å². The Morgan fingerprint density at radius 1 is 1.50 bits per heavy atom. The molecule has 2 aliphatic rings. The number of nitrogens with one attached hydrogen (secondary N) is 1. The molecular weight excluding hydrogens is 238 g/mol. The van der Waals surface area contributed by atoms with Crippen molar-refractivity contribution in [1.29, 1.82) is 0 Å². The molecule has 0 heterocycles. The molecule has 2 fully saturated rings. The number of thiol groups is 1. The molecule has 92 valence electrons. The van der Waals surface area contributed by atoms with Crippen LogP contribution in [0.3, 0.4) is 0 Å². The van der Waals surface area contributed by atoms with Crippen LogP contribution in [0.4, 0.5) is 0 Å². The fourth-order valence-electron chi connectivity index (χ4n) is 2.54. The minimum atomic E-state index is 0.248. The van der Waals surface area contributed by atoms with Crippen molar-refractivity contribution < 1.29 is 4.79 Å². The third-order valence-electron chi connectivity index (χ3n) is 3.93. The number of carbonyl (C=O) groups excluding carboxylic acids is 1. The van der Waals surface area contributed by atoms with Crippen LogP contribution in [0.5, 0.6) is 0 Å². The van der Waals surface area contributed by atoms with E-state index in [4.69, 9.17) is 0 Å². The highest BCUT2D eigenvalue weighted by atomic mass is 32.2. The van der Waals surface area contributed by atoms with Gasteiger partial charge in [-0.25, -0.2) is 0 Å². The lowest BCUT2D eigenvalue weighted by molar-refractivity contribution is -0.122. The molecule has 1 amide bonds. The van der Waals surface area contributed by atoms with Crippen LogP contribution in [0.2, 0.25) is 0 Å². The summed E-state index contributed by atoms with van der Waals surface area (Å²) in [5, 5.41) is 3.85. The molecule has 0 aromatic rings. The molecule has 2 atom stereocenters. The largest absolute Gasteiger partial charge is 0.352 e. The van der Waals surface area contributed by atoms with Gasteiger partial charge in [0, 0.05) is 17.7 Å². The standard InChI is InChI=1S/C12H21NOS2/c1-16-10-4-2-3-9(10)13-11(14)7-12(8-15)5-6-12/h9-10,15H,2-8H2,1H3,(H,13,14). The molecule has 16 heavy (non-hydrogen) atoms. The van der Waals surface area contributed by atoms with Gasteiger partial charge in [-0.3, -0.25) is 4.79 Å². The van der Waals surface area contributed by atoms with E-state index in [0.29, 0.717) is 17.7 Å². The molecule has 4 heteroatoms. The molecule has 2 unspecified atom stereocenters. The number of carbonyl (C=O) groups is 1. The summed E-state index contributed by atoms with van der Waals surface area (Å²) in [4.78, 5) is 11.9. The SMILES string of the molecule is CSC1CCCC1NC(=O)CC1(CS)CC1. The van der Waals surface area contributed by atoms with Crippen LogP contribution in [-0.2, 0) is 4.79 Å². The zero-order valence-electron chi connectivity index (χ0n) is 9.87. The van der Waals surface area contributed by atoms with Crippen LogP contribution in [0, 0.1) is 5.41 Å². The van der Waals surface area contributed by atoms with E-state index < -0.39 is 0 Å². The van der Waals surface area contributed by atoms with E-state index in [2.05, 4.69) is 24.2 Å². The molecule has 0 saturated heterocycles. The van der Waals surface area contributed by atoms with E-state index in [-0.39, 0.29) is 11.3 Å². The average Bonchev–Trinajstić information content (AvgIpc) is 2.89. The van der Waals surface area contributed by atoms with E-state index in [1.54, 1.807) is 0 Å². The van der Waals surface area contributed by atoms with Gasteiger partial charge in [0.15, 0.2) is 0 Å². The summed E-state index contributed by atoms with van der Waals surface area (Å²) < 4.78 is 0. The van der Waals surface area contributed by atoms with Crippen molar-refractivity contribution in [3.8, 4) is 0 Å². The fraction of sp³-hybridized carbons (Fsp3) is 0.917. The minimum Gasteiger partial charge on any atom is -0.352 e. The van der Waals surface area contributed by atoms with Crippen LogP contribution in [0.15, 0.2) is 0 Å². The normalized spacial score (nSPS) is 31.4. The summed E-state index contributed by atoms with van der Waals surface area (Å²) in [7, 11) is 0. The summed E-state index contributed by atoms with van der Waals surface area (Å²) >= 11 is 6.23. The third kappa shape index (κ3) is 2.89. The Bertz CT molecular complexity index is 266. The van der Waals surface area contributed by atoms with Crippen molar-refractivity contribution in [2.45, 2.75) is 49.8 Å². The van der Waals surface area contributed by atoms with Crippen molar-refractivity contribution >= 4 is 30.3 Å². The van der Waals surface area contributed by atoms with Crippen LogP contribution >= 0.6 is 24.4 Å². The number of hydrogen-bond donors (Lipinski definition) is 2. The maximum Gasteiger partial charge on any atom is 0.220 e. The average molecular weight is 259 g/mol. The van der Waals surface area contributed by atoms with E-state index in [1.807, 2.05) is 11.8 Å². The second-order valence-corrected chi connectivity index (χ2v) is 6.61. The summed E-state index contributed by atoms with van der Waals surface area (Å²) in [6, 6.07) is 0.415. The molecule has 0 spiro atoms. The molecule has 2 nitrogen and oxygen atoms in total. The number of hydrogen-bond acceptors (Lipinski definition) is 3. The Labute approximate surface area is 108 Å². The highest BCUT2D eigenvalue weighted by Crippen LogP contribution is 2.49. The topological polar surface area (TPSA) is 29.1 Å². The van der Waals surface area contributed by atoms with Crippen molar-refractivity contribution in [2.75, 3.05) is 12.0 Å². The molecule has 0 bridgehead atoms. The summed E-state index contributed by atoms with van der Waals surface area (Å²) in [6.45, 7) is 0. The van der Waals surface area contributed by atoms with Crippen LogP contribution in [0.1, 0.15) is 38.5 Å². The minimum absolute atomic E-state index is 0.248. The monoisotopic (exact) mass is 259 g/mol. The number of amides is 1. The van der Waals surface area contributed by atoms with Crippen molar-refractivity contribution in [1.82, 2.24) is 5.32 Å². The molecule has 1 N–H and O–H groups in total. The lowest BCUT2D eigenvalue weighted by Crippen LogP contribution is -2.39. The predicted octanol–water partition coefficient (Wildman–Crippen LogP) is 2.49. The van der Waals surface area contributed by atoms with Crippen LogP contribution in [-0.4, -0.2) is 29.2 Å². The summed E-state index contributed by atoms with van der Waals surface area (Å²) in [6.07, 6.45) is 8.86. The fourth-order valence-corrected chi connectivity index (χ4v) is 3.90. The van der Waals surface area contributed by atoms with Crippen molar-refractivity contribution in [3.63, 3.8) is 0 Å². The molecule has 0 aliphatic heterocycles. The van der Waals surface area contributed by atoms with Gasteiger partial charge in [-0.05, 0) is 43.1 Å². The summed E-state index contributed by atoms with van der Waals surface area (Å²) in [5.41, 5.74) is 0.251. The Kier molecular flexibility index (Phi) is 4.11. The lowest BCUT2D eigenvalue weighted by Gasteiger charge is -2.20. The highest BCUT2D eigenvalue weighted by molar-refractivity contribution is 7.99. The zero-order chi connectivity index (χ0) is 11.6. The molecule has 2 saturated carbocycles. The second kappa shape index (κ2) is 5.21. The van der Waals surface area contributed by atoms with Gasteiger partial charge in [0.05, 0.1) is 0 Å². The molecule has 2 rings (SSSR count). The van der Waals surface area contributed by atoms with Crippen LogP contribution in [0.25, 0.3) is 0 Å². The van der Waals surface area contributed by atoms with Gasteiger partial charge in [-0.15, -0.1) is 0 Å². The highest BCUT2D eigenvalue weighted by Gasteiger charge is 2.43. The van der Waals surface area contributed by atoms with Gasteiger partial charge in [0.1, 0.15) is 0 Å². The van der Waals surface area contributed by atoms with Crippen molar-refractivity contribution in [3.05, 3.63) is 0 Å². The van der Waals surface area contributed by atoms with Gasteiger partial charge in [-0.2, -0.15) is 24.4 Å².